The van der Waals surface area contributed by atoms with Crippen LogP contribution in [0.2, 0.25) is 0 Å². The van der Waals surface area contributed by atoms with Gasteiger partial charge in [0.2, 0.25) is 0 Å². The number of aliphatic hydroxyl groups is 1. The Morgan fingerprint density at radius 3 is 3.16 bits per heavy atom. The van der Waals surface area contributed by atoms with Crippen molar-refractivity contribution in [1.82, 2.24) is 10.2 Å². The highest BCUT2D eigenvalue weighted by Crippen LogP contribution is 2.24. The fourth-order valence-corrected chi connectivity index (χ4v) is 2.20. The summed E-state index contributed by atoms with van der Waals surface area (Å²) in [5.41, 5.74) is 0.606. The van der Waals surface area contributed by atoms with Crippen molar-refractivity contribution in [2.45, 2.75) is 19.8 Å². The van der Waals surface area contributed by atoms with E-state index in [1.165, 1.54) is 6.20 Å². The van der Waals surface area contributed by atoms with E-state index in [0.29, 0.717) is 24.5 Å². The van der Waals surface area contributed by atoms with Gasteiger partial charge < -0.3 is 15.3 Å². The zero-order chi connectivity index (χ0) is 13.8. The number of fused-ring (bicyclic) bond motifs is 1. The van der Waals surface area contributed by atoms with Crippen LogP contribution in [0.25, 0.3) is 0 Å². The average molecular weight is 373 g/mol. The molecule has 2 aliphatic heterocycles. The van der Waals surface area contributed by atoms with Gasteiger partial charge in [-0.1, -0.05) is 13.3 Å². The Bertz CT molecular complexity index is 506. The number of aliphatic hydroxyl groups excluding tert-OH is 1. The van der Waals surface area contributed by atoms with Gasteiger partial charge in [-0.25, -0.2) is 4.99 Å². The van der Waals surface area contributed by atoms with Crippen molar-refractivity contribution in [2.24, 2.45) is 4.99 Å². The summed E-state index contributed by atoms with van der Waals surface area (Å²) >= 11 is 2.05. The fraction of sp³-hybridized carbons (Fsp3) is 0.385. The molecule has 0 saturated carbocycles. The number of amidine groups is 1. The van der Waals surface area contributed by atoms with Gasteiger partial charge in [0.25, 0.3) is 5.91 Å². The molecule has 0 saturated heterocycles. The smallest absolute Gasteiger partial charge is 0.250 e. The fourth-order valence-electron chi connectivity index (χ4n) is 1.80. The van der Waals surface area contributed by atoms with E-state index in [9.17, 15) is 9.90 Å². The van der Waals surface area contributed by atoms with Crippen LogP contribution in [0.5, 0.6) is 0 Å². The topological polar surface area (TPSA) is 64.9 Å². The van der Waals surface area contributed by atoms with Gasteiger partial charge in [-0.15, -0.1) is 0 Å². The van der Waals surface area contributed by atoms with Gasteiger partial charge in [-0.3, -0.25) is 4.79 Å². The van der Waals surface area contributed by atoms with E-state index < -0.39 is 0 Å². The first-order valence-electron chi connectivity index (χ1n) is 6.22. The molecule has 0 aromatic carbocycles. The van der Waals surface area contributed by atoms with Crippen LogP contribution in [-0.2, 0) is 4.79 Å². The Labute approximate surface area is 125 Å². The zero-order valence-corrected chi connectivity index (χ0v) is 12.8. The second-order valence-corrected chi connectivity index (χ2v) is 5.52. The average Bonchev–Trinajstić information content (AvgIpc) is 2.43. The lowest BCUT2D eigenvalue weighted by atomic mass is 10.1. The van der Waals surface area contributed by atoms with E-state index in [2.05, 4.69) is 17.2 Å². The molecule has 0 aliphatic carbocycles. The highest BCUT2D eigenvalue weighted by atomic mass is 127. The zero-order valence-electron chi connectivity index (χ0n) is 10.7. The summed E-state index contributed by atoms with van der Waals surface area (Å²) in [7, 11) is 0. The Kier molecular flexibility index (Phi) is 4.62. The number of amides is 1. The first-order valence-corrected chi connectivity index (χ1v) is 7.30. The van der Waals surface area contributed by atoms with Crippen molar-refractivity contribution in [1.29, 1.82) is 0 Å². The first-order chi connectivity index (χ1) is 9.13. The number of nitrogens with one attached hydrogen (secondary N) is 1. The quantitative estimate of drug-likeness (QED) is 0.587. The Hall–Kier alpha value is -1.31. The lowest BCUT2D eigenvalue weighted by Gasteiger charge is -2.28. The normalized spacial score (nSPS) is 17.9. The minimum absolute atomic E-state index is 0.0895. The van der Waals surface area contributed by atoms with Crippen LogP contribution in [0.3, 0.4) is 0 Å². The molecule has 0 atom stereocenters. The minimum atomic E-state index is -0.0895. The van der Waals surface area contributed by atoms with Crippen molar-refractivity contribution in [3.8, 4) is 0 Å². The molecule has 0 unspecified atom stereocenters. The molecule has 2 aliphatic rings. The van der Waals surface area contributed by atoms with Crippen LogP contribution < -0.4 is 5.32 Å². The third-order valence-electron chi connectivity index (χ3n) is 2.90. The van der Waals surface area contributed by atoms with E-state index in [-0.39, 0.29) is 11.7 Å². The summed E-state index contributed by atoms with van der Waals surface area (Å²) in [6.07, 6.45) is 7.18. The number of carbonyl (C=O) groups excluding carboxylic acids is 1. The highest BCUT2D eigenvalue weighted by Gasteiger charge is 2.25. The molecule has 0 aromatic rings. The number of hydrogen-bond donors (Lipinski definition) is 2. The number of nitrogens with zero attached hydrogens (tertiary/aromatic N) is 2. The molecule has 0 spiro atoms. The summed E-state index contributed by atoms with van der Waals surface area (Å²) in [6, 6.07) is 0. The second kappa shape index (κ2) is 6.23. The largest absolute Gasteiger partial charge is 0.504 e. The molecule has 102 valence electrons. The maximum Gasteiger partial charge on any atom is 0.250 e. The van der Waals surface area contributed by atoms with Gasteiger partial charge in [0.05, 0.1) is 15.7 Å². The van der Waals surface area contributed by atoms with Crippen LogP contribution in [0, 0.1) is 0 Å². The summed E-state index contributed by atoms with van der Waals surface area (Å²) in [5.74, 6) is 0.565. The molecule has 0 bridgehead atoms. The van der Waals surface area contributed by atoms with Crippen molar-refractivity contribution in [3.05, 3.63) is 33.4 Å². The number of allylic oxidation sites excluding steroid dienone is 2. The number of unbranched alkanes of at least 4 members (excludes halogenated alkanes) is 1. The van der Waals surface area contributed by atoms with Gasteiger partial charge >= 0.3 is 0 Å². The molecule has 2 heterocycles. The number of rotatable bonds is 4. The summed E-state index contributed by atoms with van der Waals surface area (Å²) in [5, 5.41) is 12.8. The summed E-state index contributed by atoms with van der Waals surface area (Å²) in [6.45, 7) is 3.20. The number of aliphatic imine (C=N–C) groups is 1. The number of carbonyl (C=O) groups is 1. The number of hydrogen-bond acceptors (Lipinski definition) is 4. The van der Waals surface area contributed by atoms with Crippen LogP contribution in [0.1, 0.15) is 19.8 Å². The van der Waals surface area contributed by atoms with E-state index in [1.54, 1.807) is 11.0 Å². The molecule has 0 aromatic heterocycles. The predicted molar refractivity (Wildman–Crippen MR) is 83.0 cm³/mol. The molecule has 0 fully saturated rings. The van der Waals surface area contributed by atoms with Crippen LogP contribution in [-0.4, -0.2) is 34.8 Å². The lowest BCUT2D eigenvalue weighted by molar-refractivity contribution is -0.117. The highest BCUT2D eigenvalue weighted by molar-refractivity contribution is 14.1. The van der Waals surface area contributed by atoms with Gasteiger partial charge in [-0.05, 0) is 35.1 Å². The van der Waals surface area contributed by atoms with Crippen molar-refractivity contribution >= 4 is 34.3 Å². The van der Waals surface area contributed by atoms with E-state index in [4.69, 9.17) is 0 Å². The van der Waals surface area contributed by atoms with Crippen molar-refractivity contribution < 1.29 is 9.90 Å². The third kappa shape index (κ3) is 3.17. The Morgan fingerprint density at radius 2 is 2.42 bits per heavy atom. The number of halogens is 1. The third-order valence-corrected chi connectivity index (χ3v) is 3.77. The summed E-state index contributed by atoms with van der Waals surface area (Å²) < 4.78 is 0.747. The van der Waals surface area contributed by atoms with E-state index in [1.807, 2.05) is 28.8 Å². The molecular weight excluding hydrogens is 357 g/mol. The molecule has 0 radical (unpaired) electrons. The summed E-state index contributed by atoms with van der Waals surface area (Å²) in [4.78, 5) is 17.9. The molecule has 6 heteroatoms. The second-order valence-electron chi connectivity index (χ2n) is 4.36. The monoisotopic (exact) mass is 373 g/mol. The minimum Gasteiger partial charge on any atom is -0.504 e. The lowest BCUT2D eigenvalue weighted by Crippen LogP contribution is -2.38. The van der Waals surface area contributed by atoms with Crippen molar-refractivity contribution in [3.63, 3.8) is 0 Å². The molecule has 2 N–H and O–H groups in total. The van der Waals surface area contributed by atoms with Crippen molar-refractivity contribution in [2.75, 3.05) is 13.1 Å². The molecule has 2 rings (SSSR count). The van der Waals surface area contributed by atoms with E-state index in [0.717, 1.165) is 16.4 Å². The van der Waals surface area contributed by atoms with Gasteiger partial charge in [0, 0.05) is 18.9 Å². The van der Waals surface area contributed by atoms with Crippen LogP contribution in [0.15, 0.2) is 38.4 Å². The SMILES string of the molecule is CCCCNC(=O)C1=CN=C2C(O)=C(I)C=CN2C1. The predicted octanol–water partition coefficient (Wildman–Crippen LogP) is 2.23. The molecule has 19 heavy (non-hydrogen) atoms. The van der Waals surface area contributed by atoms with E-state index >= 15 is 0 Å². The molecular formula is C13H16IN3O2. The maximum atomic E-state index is 11.9. The maximum absolute atomic E-state index is 11.9. The molecule has 5 nitrogen and oxygen atoms in total. The first kappa shape index (κ1) is 14.1. The molecule has 1 amide bonds. The standard InChI is InChI=1S/C13H16IN3O2/c1-2-3-5-15-13(19)9-7-16-12-11(18)10(14)4-6-17(12)8-9/h4,6-7,18H,2-3,5,8H2,1H3,(H,15,19). The Balaban J connectivity index is 2.08. The van der Waals surface area contributed by atoms with Gasteiger partial charge in [0.1, 0.15) is 0 Å². The van der Waals surface area contributed by atoms with Crippen LogP contribution >= 0.6 is 22.6 Å². The Morgan fingerprint density at radius 1 is 1.63 bits per heavy atom. The van der Waals surface area contributed by atoms with Gasteiger partial charge in [0.15, 0.2) is 11.6 Å². The van der Waals surface area contributed by atoms with Crippen LogP contribution in [0.4, 0.5) is 0 Å². The van der Waals surface area contributed by atoms with Gasteiger partial charge in [-0.2, -0.15) is 0 Å².